The summed E-state index contributed by atoms with van der Waals surface area (Å²) in [4.78, 5) is 26.9. The molecule has 0 spiro atoms. The summed E-state index contributed by atoms with van der Waals surface area (Å²) in [6, 6.07) is 7.75. The van der Waals surface area contributed by atoms with Crippen LogP contribution in [0.3, 0.4) is 0 Å². The number of anilines is 2. The molecule has 0 aliphatic carbocycles. The van der Waals surface area contributed by atoms with Crippen LogP contribution >= 0.6 is 0 Å². The van der Waals surface area contributed by atoms with Gasteiger partial charge in [-0.15, -0.1) is 0 Å². The molecule has 0 bridgehead atoms. The van der Waals surface area contributed by atoms with Gasteiger partial charge in [0.1, 0.15) is 5.75 Å². The minimum atomic E-state index is -1.52. The maximum atomic E-state index is 13.2. The third-order valence-electron chi connectivity index (χ3n) is 8.67. The van der Waals surface area contributed by atoms with Gasteiger partial charge in [-0.25, -0.2) is 0 Å². The number of amides is 1. The number of furan rings is 1. The van der Waals surface area contributed by atoms with E-state index in [9.17, 15) is 4.79 Å². The number of rotatable bonds is 11. The van der Waals surface area contributed by atoms with E-state index in [0.717, 1.165) is 50.5 Å². The van der Waals surface area contributed by atoms with Crippen LogP contribution in [0, 0.1) is 6.92 Å². The highest BCUT2D eigenvalue weighted by Gasteiger charge is 2.45. The lowest BCUT2D eigenvalue weighted by atomic mass is 10.2. The van der Waals surface area contributed by atoms with Gasteiger partial charge in [-0.3, -0.25) is 4.79 Å². The Balaban J connectivity index is 1.23. The summed E-state index contributed by atoms with van der Waals surface area (Å²) in [7, 11) is 2.17. The van der Waals surface area contributed by atoms with Crippen molar-refractivity contribution in [1.29, 1.82) is 0 Å². The number of hydrogen-bond acceptors (Lipinski definition) is 10. The first-order valence-corrected chi connectivity index (χ1v) is 21.7. The largest absolute Gasteiger partial charge is 0.479 e. The molecule has 1 aromatic carbocycles. The Kier molecular flexibility index (Phi) is 9.40. The van der Waals surface area contributed by atoms with E-state index >= 15 is 0 Å². The first kappa shape index (κ1) is 32.0. The quantitative estimate of drug-likeness (QED) is 0.237. The molecule has 1 saturated heterocycles. The predicted molar refractivity (Wildman–Crippen MR) is 179 cm³/mol. The van der Waals surface area contributed by atoms with Crippen molar-refractivity contribution in [2.75, 3.05) is 71.2 Å². The number of nitrogens with one attached hydrogen (secondary N) is 2. The summed E-state index contributed by atoms with van der Waals surface area (Å²) >= 11 is 0. The maximum Gasteiger partial charge on any atom is 0.291 e. The molecule has 0 saturated carbocycles. The van der Waals surface area contributed by atoms with Gasteiger partial charge in [-0.2, -0.15) is 9.97 Å². The van der Waals surface area contributed by atoms with Crippen LogP contribution < -0.4 is 35.2 Å². The molecule has 13 heteroatoms. The van der Waals surface area contributed by atoms with Gasteiger partial charge in [0.15, 0.2) is 11.4 Å². The van der Waals surface area contributed by atoms with E-state index < -0.39 is 22.1 Å². The second-order valence-electron chi connectivity index (χ2n) is 13.1. The van der Waals surface area contributed by atoms with Crippen LogP contribution in [-0.2, 0) is 0 Å². The Morgan fingerprint density at radius 2 is 1.61 bits per heavy atom. The number of ether oxygens (including phenoxy) is 3. The fourth-order valence-corrected chi connectivity index (χ4v) is 21.6. The molecule has 238 valence electrons. The van der Waals surface area contributed by atoms with E-state index in [-0.39, 0.29) is 29.2 Å². The number of nitrogens with zero attached hydrogens (tertiary/aromatic N) is 4. The third kappa shape index (κ3) is 6.95. The molecule has 3 aromatic rings. The number of aromatic nitrogens is 2. The van der Waals surface area contributed by atoms with Gasteiger partial charge in [0.25, 0.3) is 11.9 Å². The molecule has 0 radical (unpaired) electrons. The van der Waals surface area contributed by atoms with E-state index in [0.29, 0.717) is 12.5 Å². The third-order valence-corrected chi connectivity index (χ3v) is 19.7. The normalized spacial score (nSPS) is 17.6. The van der Waals surface area contributed by atoms with Crippen molar-refractivity contribution in [3.05, 3.63) is 35.6 Å². The van der Waals surface area contributed by atoms with Gasteiger partial charge in [-0.1, -0.05) is 48.3 Å². The van der Waals surface area contributed by atoms with Gasteiger partial charge in [0, 0.05) is 38.8 Å². The van der Waals surface area contributed by atoms with Crippen molar-refractivity contribution in [1.82, 2.24) is 19.8 Å². The first-order chi connectivity index (χ1) is 20.9. The Hall–Kier alpha value is -3.40. The second kappa shape index (κ2) is 12.9. The number of hydrogen-bond donors (Lipinski definition) is 2. The lowest BCUT2D eigenvalue weighted by Gasteiger charge is -2.32. The summed E-state index contributed by atoms with van der Waals surface area (Å²) in [5.41, 5.74) is 2.63. The smallest absolute Gasteiger partial charge is 0.291 e. The van der Waals surface area contributed by atoms with Crippen LogP contribution in [0.15, 0.2) is 28.7 Å². The minimum Gasteiger partial charge on any atom is -0.479 e. The highest BCUT2D eigenvalue weighted by molar-refractivity contribution is 7.14. The van der Waals surface area contributed by atoms with Crippen LogP contribution in [0.4, 0.5) is 11.6 Å². The summed E-state index contributed by atoms with van der Waals surface area (Å²) in [6.07, 6.45) is 0.948. The monoisotopic (exact) mass is 638 g/mol. The van der Waals surface area contributed by atoms with Crippen molar-refractivity contribution in [2.45, 2.75) is 45.2 Å². The van der Waals surface area contributed by atoms with E-state index in [1.165, 1.54) is 25.1 Å². The lowest BCUT2D eigenvalue weighted by Crippen LogP contribution is -2.44. The zero-order valence-corrected chi connectivity index (χ0v) is 29.3. The molecule has 2 aliphatic rings. The fraction of sp³-hybridized carbons (Fsp3) is 0.516. The molecule has 2 aromatic heterocycles. The van der Waals surface area contributed by atoms with Crippen molar-refractivity contribution in [3.63, 3.8) is 0 Å². The van der Waals surface area contributed by atoms with Gasteiger partial charge in [-0.05, 0) is 44.6 Å². The van der Waals surface area contributed by atoms with E-state index in [2.05, 4.69) is 82.7 Å². The summed E-state index contributed by atoms with van der Waals surface area (Å²) in [6.45, 7) is 17.9. The number of methoxy groups -OCH3 is 2. The highest BCUT2D eigenvalue weighted by Crippen LogP contribution is 2.34. The molecule has 1 amide bonds. The van der Waals surface area contributed by atoms with Crippen LogP contribution in [0.2, 0.25) is 31.9 Å². The number of likely N-dealkylation sites (N-methyl/N-ethyl adjacent to an activating group) is 1. The van der Waals surface area contributed by atoms with Crippen molar-refractivity contribution in [2.24, 2.45) is 0 Å². The minimum absolute atomic E-state index is 0.0808. The number of carbonyl (C=O) groups excluding carboxylic acids is 1. The number of aryl methyl sites for hydroxylation is 1. The Bertz CT molecular complexity index is 1480. The van der Waals surface area contributed by atoms with Crippen LogP contribution in [0.25, 0.3) is 0 Å². The van der Waals surface area contributed by atoms with E-state index in [4.69, 9.17) is 18.6 Å². The average Bonchev–Trinajstić information content (AvgIpc) is 3.51. The summed E-state index contributed by atoms with van der Waals surface area (Å²) < 4.78 is 23.0. The molecular formula is C31H46N6O5Si2. The van der Waals surface area contributed by atoms with E-state index in [1.807, 2.05) is 0 Å². The molecule has 2 N–H and O–H groups in total. The van der Waals surface area contributed by atoms with Gasteiger partial charge < -0.3 is 39.1 Å². The first-order valence-electron chi connectivity index (χ1n) is 15.3. The summed E-state index contributed by atoms with van der Waals surface area (Å²) in [5, 5.41) is 9.07. The zero-order chi connectivity index (χ0) is 31.6. The lowest BCUT2D eigenvalue weighted by molar-refractivity contribution is 0.0990. The number of carbonyl (C=O) groups is 1. The van der Waals surface area contributed by atoms with Crippen molar-refractivity contribution < 1.29 is 23.4 Å². The Labute approximate surface area is 262 Å². The molecule has 1 fully saturated rings. The molecule has 11 nitrogen and oxygen atoms in total. The van der Waals surface area contributed by atoms with Crippen LogP contribution in [-0.4, -0.2) is 102 Å². The van der Waals surface area contributed by atoms with Gasteiger partial charge >= 0.3 is 0 Å². The Morgan fingerprint density at radius 1 is 0.977 bits per heavy atom. The van der Waals surface area contributed by atoms with Crippen LogP contribution in [0.5, 0.6) is 23.5 Å². The number of piperazine rings is 1. The standard InChI is InChI=1S/C31H46N6O5Si2/c1-21-18-24-25(44(7,8)20-43(24,5)6)19-23(21)42-26-11-10-22(41-26)28(38)33-27-29(39-3)34-31(35-30(27)40-4)32-12-9-13-37-16-14-36(2)15-17-37/h10-11,18-19H,9,12-17,20H2,1-8H3,(H,33,38)(H,32,34,35). The number of fused-ring (bicyclic) bond motifs is 1. The SMILES string of the molecule is COc1nc(NCCCN2CCN(C)CC2)nc(OC)c1NC(=O)c1ccc(Oc2cc3c(cc2C)[Si](C)(C)C[Si]3(C)C)o1. The topological polar surface area (TPSA) is 114 Å². The Morgan fingerprint density at radius 3 is 2.25 bits per heavy atom. The fourth-order valence-electron chi connectivity index (χ4n) is 6.47. The highest BCUT2D eigenvalue weighted by atomic mass is 28.4. The van der Waals surface area contributed by atoms with E-state index in [1.54, 1.807) is 17.3 Å². The molecule has 4 heterocycles. The molecular weight excluding hydrogens is 593 g/mol. The average molecular weight is 639 g/mol. The molecule has 0 atom stereocenters. The molecule has 2 aliphatic heterocycles. The maximum absolute atomic E-state index is 13.2. The van der Waals surface area contributed by atoms with Crippen molar-refractivity contribution in [3.8, 4) is 23.5 Å². The number of benzene rings is 1. The predicted octanol–water partition coefficient (Wildman–Crippen LogP) is 3.87. The van der Waals surface area contributed by atoms with Gasteiger partial charge in [0.05, 0.1) is 30.4 Å². The zero-order valence-electron chi connectivity index (χ0n) is 27.3. The van der Waals surface area contributed by atoms with Crippen molar-refractivity contribution >= 4 is 44.1 Å². The summed E-state index contributed by atoms with van der Waals surface area (Å²) in [5.74, 6) is 1.32. The second-order valence-corrected chi connectivity index (χ2v) is 23.2. The molecule has 5 rings (SSSR count). The van der Waals surface area contributed by atoms with Gasteiger partial charge in [0.2, 0.25) is 17.7 Å². The molecule has 44 heavy (non-hydrogen) atoms. The van der Waals surface area contributed by atoms with Crippen LogP contribution in [0.1, 0.15) is 22.5 Å². The molecule has 0 unspecified atom stereocenters.